The molecule has 7 rings (SSSR count). The molecule has 0 saturated carbocycles. The molecule has 13 heteroatoms. The van der Waals surface area contributed by atoms with E-state index in [9.17, 15) is 31.1 Å². The average molecular weight is 875 g/mol. The minimum absolute atomic E-state index is 0. The molecule has 3 aromatic carbocycles. The molecule has 0 amide bonds. The van der Waals surface area contributed by atoms with Crippen molar-refractivity contribution in [1.29, 1.82) is 0 Å². The van der Waals surface area contributed by atoms with Gasteiger partial charge in [-0.25, -0.2) is 9.78 Å². The fourth-order valence-corrected chi connectivity index (χ4v) is 5.86. The summed E-state index contributed by atoms with van der Waals surface area (Å²) in [6, 6.07) is 33.2. The molecule has 1 atom stereocenters. The fraction of sp³-hybridized carbons (Fsp3) is 0.105. The number of aromatic nitrogens is 3. The van der Waals surface area contributed by atoms with Crippen LogP contribution >= 0.6 is 0 Å². The van der Waals surface area contributed by atoms with Crippen LogP contribution in [0.15, 0.2) is 122 Å². The summed E-state index contributed by atoms with van der Waals surface area (Å²) in [5.74, 6) is -0.990. The van der Waals surface area contributed by atoms with Gasteiger partial charge in [-0.05, 0) is 60.8 Å². The minimum atomic E-state index is -4.70. The van der Waals surface area contributed by atoms with E-state index < -0.39 is 34.9 Å². The Balaban J connectivity index is 0.000000441. The molecule has 4 heterocycles. The molecule has 6 nitrogen and oxygen atoms in total. The van der Waals surface area contributed by atoms with Gasteiger partial charge in [0, 0.05) is 43.9 Å². The Morgan fingerprint density at radius 3 is 2.00 bits per heavy atom. The van der Waals surface area contributed by atoms with Crippen LogP contribution in [0, 0.1) is 12.1 Å². The molecule has 51 heavy (non-hydrogen) atoms. The number of halogens is 6. The number of carboxylic acid groups (broad SMARTS) is 1. The Hall–Kier alpha value is -5.39. The summed E-state index contributed by atoms with van der Waals surface area (Å²) in [6.07, 6.45) is -6.40. The van der Waals surface area contributed by atoms with Crippen LogP contribution in [0.4, 0.5) is 37.7 Å². The molecule has 0 saturated heterocycles. The topological polar surface area (TPSA) is 79.2 Å². The number of hydrogen-bond acceptors (Lipinski definition) is 5. The second kappa shape index (κ2) is 14.5. The normalized spacial score (nSPS) is 15.0. The van der Waals surface area contributed by atoms with Gasteiger partial charge in [0.05, 0.1) is 16.7 Å². The van der Waals surface area contributed by atoms with Gasteiger partial charge in [0.25, 0.3) is 0 Å². The number of anilines is 2. The van der Waals surface area contributed by atoms with Crippen LogP contribution in [0.3, 0.4) is 0 Å². The zero-order chi connectivity index (χ0) is 35.7. The van der Waals surface area contributed by atoms with Gasteiger partial charge >= 0.3 is 18.3 Å². The number of benzene rings is 3. The number of fused-ring (bicyclic) bond motifs is 2. The molecule has 1 radical (unpaired) electrons. The van der Waals surface area contributed by atoms with Crippen molar-refractivity contribution in [2.45, 2.75) is 17.8 Å². The largest absolute Gasteiger partial charge is 0.477 e. The van der Waals surface area contributed by atoms with Crippen LogP contribution in [0.25, 0.3) is 11.3 Å². The first-order chi connectivity index (χ1) is 23.8. The molecule has 3 aromatic heterocycles. The van der Waals surface area contributed by atoms with Crippen molar-refractivity contribution in [3.05, 3.63) is 173 Å². The Bertz CT molecular complexity index is 2080. The van der Waals surface area contributed by atoms with Crippen molar-refractivity contribution in [2.75, 3.05) is 11.9 Å². The first kappa shape index (κ1) is 36.9. The minimum Gasteiger partial charge on any atom is -0.477 e. The summed E-state index contributed by atoms with van der Waals surface area (Å²) in [4.78, 5) is 24.6. The standard InChI is InChI=1S/C32H19F6N3.C6H5NO2.Ir/c1-41-26-18-21(31(33,34)35)13-15-23(26)30(28-11-5-6-17-39-28,24-16-14-22(19-27(24)41)32(36,37)38)29-12-7-10-25(40-29)20-8-3-2-4-9-20;8-6(9)5-3-1-2-4-7-5;/h2-8,10-15,17-19H,1H3;1-4H,(H,8,9);/q-2;;/t30-;;/m0../s1. The Morgan fingerprint density at radius 2 is 1.41 bits per heavy atom. The molecule has 1 aliphatic heterocycles. The summed E-state index contributed by atoms with van der Waals surface area (Å²) < 4.78 is 83.2. The molecule has 0 aliphatic carbocycles. The van der Waals surface area contributed by atoms with Gasteiger partial charge in [-0.15, -0.1) is 47.5 Å². The van der Waals surface area contributed by atoms with Gasteiger partial charge in [-0.2, -0.15) is 38.5 Å². The fourth-order valence-electron chi connectivity index (χ4n) is 5.86. The molecule has 1 aliphatic rings. The average Bonchev–Trinajstić information content (AvgIpc) is 3.12. The van der Waals surface area contributed by atoms with Crippen molar-refractivity contribution in [3.8, 4) is 11.3 Å². The van der Waals surface area contributed by atoms with Gasteiger partial charge in [0.2, 0.25) is 0 Å². The van der Waals surface area contributed by atoms with Gasteiger partial charge in [-0.3, -0.25) is 9.97 Å². The molecule has 0 spiro atoms. The molecular weight excluding hydrogens is 851 g/mol. The molecule has 0 unspecified atom stereocenters. The van der Waals surface area contributed by atoms with Crippen molar-refractivity contribution < 1.29 is 56.3 Å². The van der Waals surface area contributed by atoms with Gasteiger partial charge < -0.3 is 10.0 Å². The third kappa shape index (κ3) is 7.13. The van der Waals surface area contributed by atoms with E-state index in [-0.39, 0.29) is 42.7 Å². The summed E-state index contributed by atoms with van der Waals surface area (Å²) in [5.41, 5.74) is -0.647. The predicted molar refractivity (Wildman–Crippen MR) is 173 cm³/mol. The first-order valence-corrected chi connectivity index (χ1v) is 14.9. The second-order valence-corrected chi connectivity index (χ2v) is 11.1. The van der Waals surface area contributed by atoms with Gasteiger partial charge in [0.1, 0.15) is 5.69 Å². The Labute approximate surface area is 301 Å². The number of hydrogen-bond donors (Lipinski definition) is 1. The Kier molecular flexibility index (Phi) is 10.5. The molecule has 261 valence electrons. The van der Waals surface area contributed by atoms with E-state index >= 15 is 0 Å². The summed E-state index contributed by atoms with van der Waals surface area (Å²) in [7, 11) is 1.44. The first-order valence-electron chi connectivity index (χ1n) is 14.9. The number of nitrogens with zero attached hydrogens (tertiary/aromatic N) is 4. The third-order valence-electron chi connectivity index (χ3n) is 8.13. The number of carboxylic acids is 1. The van der Waals surface area contributed by atoms with Crippen molar-refractivity contribution in [1.82, 2.24) is 15.0 Å². The SMILES string of the molecule is CN1c2cc(C(F)(F)F)c[c-]c2[C@@](c2ccccn2)(c2cccc(-c3[c-]cccc3)n2)c2ccc(C(F)(F)F)cc21.O=C(O)c1ccccn1.[Ir]. The molecule has 1 N–H and O–H groups in total. The van der Waals surface area contributed by atoms with E-state index in [0.717, 1.165) is 24.3 Å². The van der Waals surface area contributed by atoms with Gasteiger partial charge in [0.15, 0.2) is 0 Å². The zero-order valence-electron chi connectivity index (χ0n) is 26.3. The summed E-state index contributed by atoms with van der Waals surface area (Å²) >= 11 is 0. The number of alkyl halides is 6. The van der Waals surface area contributed by atoms with Crippen LogP contribution in [0.5, 0.6) is 0 Å². The quantitative estimate of drug-likeness (QED) is 0.141. The van der Waals surface area contributed by atoms with Crippen LogP contribution in [-0.4, -0.2) is 33.1 Å². The second-order valence-electron chi connectivity index (χ2n) is 11.1. The van der Waals surface area contributed by atoms with Crippen LogP contribution in [-0.2, 0) is 37.9 Å². The number of rotatable bonds is 4. The predicted octanol–water partition coefficient (Wildman–Crippen LogP) is 9.02. The van der Waals surface area contributed by atoms with Crippen molar-refractivity contribution in [3.63, 3.8) is 0 Å². The van der Waals surface area contributed by atoms with Crippen LogP contribution in [0.1, 0.15) is 44.1 Å². The zero-order valence-corrected chi connectivity index (χ0v) is 28.7. The van der Waals surface area contributed by atoms with E-state index in [1.54, 1.807) is 60.7 Å². The van der Waals surface area contributed by atoms with Crippen LogP contribution < -0.4 is 4.90 Å². The van der Waals surface area contributed by atoms with E-state index in [1.165, 1.54) is 36.5 Å². The van der Waals surface area contributed by atoms with E-state index in [2.05, 4.69) is 22.1 Å². The smallest absolute Gasteiger partial charge is 0.416 e. The maximum atomic E-state index is 13.9. The summed E-state index contributed by atoms with van der Waals surface area (Å²) in [6.45, 7) is 0. The number of carbonyl (C=O) groups is 1. The van der Waals surface area contributed by atoms with E-state index in [0.29, 0.717) is 28.2 Å². The maximum Gasteiger partial charge on any atom is 0.416 e. The maximum absolute atomic E-state index is 13.9. The summed E-state index contributed by atoms with van der Waals surface area (Å²) in [5, 5.41) is 8.32. The van der Waals surface area contributed by atoms with Crippen LogP contribution in [0.2, 0.25) is 0 Å². The van der Waals surface area contributed by atoms with Gasteiger partial charge in [-0.1, -0.05) is 41.6 Å². The van der Waals surface area contributed by atoms with Crippen molar-refractivity contribution in [2.24, 2.45) is 0 Å². The third-order valence-corrected chi connectivity index (χ3v) is 8.13. The molecule has 0 fully saturated rings. The van der Waals surface area contributed by atoms with Crippen molar-refractivity contribution >= 4 is 17.3 Å². The molecular formula is C38H24F6IrN4O2-2. The number of aromatic carboxylic acids is 1. The van der Waals surface area contributed by atoms with E-state index in [4.69, 9.17) is 10.1 Å². The Morgan fingerprint density at radius 1 is 0.745 bits per heavy atom. The monoisotopic (exact) mass is 875 g/mol. The molecule has 6 aromatic rings. The number of pyridine rings is 3. The molecule has 0 bridgehead atoms. The van der Waals surface area contributed by atoms with E-state index in [1.807, 2.05) is 12.1 Å².